The number of hydrogen-bond acceptors (Lipinski definition) is 1. The van der Waals surface area contributed by atoms with Gasteiger partial charge >= 0.3 is 0 Å². The van der Waals surface area contributed by atoms with Crippen LogP contribution in [0.3, 0.4) is 0 Å². The first-order valence-electron chi connectivity index (χ1n) is 6.69. The fraction of sp³-hybridized carbons (Fsp3) is 0.375. The van der Waals surface area contributed by atoms with Crippen molar-refractivity contribution in [2.45, 2.75) is 32.6 Å². The lowest BCUT2D eigenvalue weighted by atomic mass is 10.1. The van der Waals surface area contributed by atoms with Gasteiger partial charge in [-0.2, -0.15) is 0 Å². The molecule has 0 saturated carbocycles. The standard InChI is InChI=1S/C16H20NO/c1-2-3-4-7-12-18-15-11-10-13-8-5-6-9-14(13)16(15)17/h5-6,8-11,17H,2-4,7,12H2,1H3. The van der Waals surface area contributed by atoms with E-state index in [0.717, 1.165) is 17.2 Å². The van der Waals surface area contributed by atoms with Crippen LogP contribution in [-0.4, -0.2) is 6.61 Å². The smallest absolute Gasteiger partial charge is 0.144 e. The van der Waals surface area contributed by atoms with Gasteiger partial charge in [-0.1, -0.05) is 56.5 Å². The van der Waals surface area contributed by atoms with Crippen molar-refractivity contribution in [2.24, 2.45) is 0 Å². The van der Waals surface area contributed by atoms with Crippen molar-refractivity contribution < 1.29 is 4.74 Å². The molecular formula is C16H20NO. The molecule has 0 aromatic heterocycles. The highest BCUT2D eigenvalue weighted by molar-refractivity contribution is 5.94. The summed E-state index contributed by atoms with van der Waals surface area (Å²) in [5.74, 6) is 0.699. The van der Waals surface area contributed by atoms with Crippen molar-refractivity contribution >= 4 is 16.5 Å². The molecule has 0 bridgehead atoms. The Balaban J connectivity index is 2.03. The zero-order chi connectivity index (χ0) is 12.8. The van der Waals surface area contributed by atoms with Gasteiger partial charge in [0.15, 0.2) is 0 Å². The van der Waals surface area contributed by atoms with E-state index in [1.165, 1.54) is 19.3 Å². The third kappa shape index (κ3) is 2.95. The Morgan fingerprint density at radius 3 is 2.67 bits per heavy atom. The van der Waals surface area contributed by atoms with Gasteiger partial charge in [-0.05, 0) is 17.9 Å². The predicted molar refractivity (Wildman–Crippen MR) is 76.3 cm³/mol. The number of benzene rings is 2. The Morgan fingerprint density at radius 1 is 1.00 bits per heavy atom. The monoisotopic (exact) mass is 242 g/mol. The molecule has 0 heterocycles. The molecule has 2 heteroatoms. The highest BCUT2D eigenvalue weighted by Gasteiger charge is 2.05. The molecule has 0 aliphatic rings. The number of fused-ring (bicyclic) bond motifs is 1. The van der Waals surface area contributed by atoms with Gasteiger partial charge in [0.2, 0.25) is 0 Å². The van der Waals surface area contributed by atoms with E-state index in [2.05, 4.69) is 6.92 Å². The van der Waals surface area contributed by atoms with Crippen LogP contribution in [-0.2, 0) is 0 Å². The lowest BCUT2D eigenvalue weighted by molar-refractivity contribution is 0.306. The molecule has 18 heavy (non-hydrogen) atoms. The highest BCUT2D eigenvalue weighted by atomic mass is 16.5. The first-order chi connectivity index (χ1) is 8.83. The van der Waals surface area contributed by atoms with Crippen molar-refractivity contribution in [3.63, 3.8) is 0 Å². The van der Waals surface area contributed by atoms with E-state index in [0.29, 0.717) is 18.0 Å². The Bertz CT molecular complexity index is 507. The fourth-order valence-electron chi connectivity index (χ4n) is 2.08. The summed E-state index contributed by atoms with van der Waals surface area (Å²) in [6, 6.07) is 11.9. The number of nitrogens with one attached hydrogen (secondary N) is 1. The summed E-state index contributed by atoms with van der Waals surface area (Å²) in [7, 11) is 0. The van der Waals surface area contributed by atoms with Gasteiger partial charge in [0.25, 0.3) is 0 Å². The number of ether oxygens (including phenoxy) is 1. The first-order valence-corrected chi connectivity index (χ1v) is 6.69. The molecule has 2 nitrogen and oxygen atoms in total. The van der Waals surface area contributed by atoms with Crippen LogP contribution in [0.1, 0.15) is 32.6 Å². The Morgan fingerprint density at radius 2 is 1.83 bits per heavy atom. The molecule has 0 fully saturated rings. The van der Waals surface area contributed by atoms with E-state index in [1.54, 1.807) is 0 Å². The van der Waals surface area contributed by atoms with Crippen molar-refractivity contribution in [3.05, 3.63) is 36.4 Å². The molecule has 95 valence electrons. The normalized spacial score (nSPS) is 10.7. The van der Waals surface area contributed by atoms with E-state index >= 15 is 0 Å². The van der Waals surface area contributed by atoms with Crippen LogP contribution in [0.5, 0.6) is 5.75 Å². The van der Waals surface area contributed by atoms with Crippen molar-refractivity contribution in [1.29, 1.82) is 0 Å². The highest BCUT2D eigenvalue weighted by Crippen LogP contribution is 2.31. The molecular weight excluding hydrogens is 222 g/mol. The van der Waals surface area contributed by atoms with E-state index in [9.17, 15) is 0 Å². The quantitative estimate of drug-likeness (QED) is 0.675. The molecule has 1 radical (unpaired) electrons. The minimum Gasteiger partial charge on any atom is -0.491 e. The maximum absolute atomic E-state index is 8.13. The summed E-state index contributed by atoms with van der Waals surface area (Å²) in [5, 5.41) is 2.06. The molecule has 0 amide bonds. The summed E-state index contributed by atoms with van der Waals surface area (Å²) in [5.41, 5.74) is 8.63. The SMILES string of the molecule is CCCCCCOc1ccc2ccccc2c1[NH]. The Hall–Kier alpha value is -1.70. The van der Waals surface area contributed by atoms with Gasteiger partial charge < -0.3 is 4.74 Å². The van der Waals surface area contributed by atoms with E-state index in [-0.39, 0.29) is 0 Å². The largest absolute Gasteiger partial charge is 0.491 e. The molecule has 2 rings (SSSR count). The van der Waals surface area contributed by atoms with Gasteiger partial charge in [-0.15, -0.1) is 0 Å². The molecule has 0 aliphatic carbocycles. The van der Waals surface area contributed by atoms with Crippen LogP contribution in [0.2, 0.25) is 0 Å². The summed E-state index contributed by atoms with van der Waals surface area (Å²) < 4.78 is 5.70. The molecule has 0 saturated heterocycles. The fourth-order valence-corrected chi connectivity index (χ4v) is 2.08. The minimum absolute atomic E-state index is 0.503. The van der Waals surface area contributed by atoms with Crippen molar-refractivity contribution in [2.75, 3.05) is 6.61 Å². The molecule has 1 N–H and O–H groups in total. The molecule has 0 unspecified atom stereocenters. The number of rotatable bonds is 6. The molecule has 2 aromatic rings. The lowest BCUT2D eigenvalue weighted by Gasteiger charge is -2.10. The number of hydrogen-bond donors (Lipinski definition) is 0. The van der Waals surface area contributed by atoms with Crippen LogP contribution in [0, 0.1) is 0 Å². The summed E-state index contributed by atoms with van der Waals surface area (Å²) in [6.07, 6.45) is 4.77. The van der Waals surface area contributed by atoms with Crippen LogP contribution >= 0.6 is 0 Å². The first kappa shape index (κ1) is 12.7. The predicted octanol–water partition coefficient (Wildman–Crippen LogP) is 4.71. The summed E-state index contributed by atoms with van der Waals surface area (Å²) >= 11 is 0. The second-order valence-electron chi connectivity index (χ2n) is 4.57. The van der Waals surface area contributed by atoms with E-state index in [1.807, 2.05) is 36.4 Å². The third-order valence-corrected chi connectivity index (χ3v) is 3.15. The summed E-state index contributed by atoms with van der Waals surface area (Å²) in [6.45, 7) is 2.91. The molecule has 0 atom stereocenters. The van der Waals surface area contributed by atoms with Gasteiger partial charge in [0.1, 0.15) is 11.4 Å². The molecule has 0 spiro atoms. The van der Waals surface area contributed by atoms with Crippen LogP contribution < -0.4 is 10.5 Å². The van der Waals surface area contributed by atoms with Crippen LogP contribution in [0.25, 0.3) is 10.8 Å². The maximum atomic E-state index is 8.13. The third-order valence-electron chi connectivity index (χ3n) is 3.15. The lowest BCUT2D eigenvalue weighted by Crippen LogP contribution is -1.98. The summed E-state index contributed by atoms with van der Waals surface area (Å²) in [4.78, 5) is 0. The van der Waals surface area contributed by atoms with E-state index < -0.39 is 0 Å². The zero-order valence-electron chi connectivity index (χ0n) is 10.9. The molecule has 2 aromatic carbocycles. The topological polar surface area (TPSA) is 33.0 Å². The van der Waals surface area contributed by atoms with Crippen molar-refractivity contribution in [3.8, 4) is 5.75 Å². The van der Waals surface area contributed by atoms with Crippen LogP contribution in [0.4, 0.5) is 5.69 Å². The maximum Gasteiger partial charge on any atom is 0.144 e. The van der Waals surface area contributed by atoms with Crippen LogP contribution in [0.15, 0.2) is 36.4 Å². The van der Waals surface area contributed by atoms with Gasteiger partial charge in [0, 0.05) is 5.39 Å². The molecule has 0 aliphatic heterocycles. The van der Waals surface area contributed by atoms with Gasteiger partial charge in [0.05, 0.1) is 6.61 Å². The van der Waals surface area contributed by atoms with Crippen molar-refractivity contribution in [1.82, 2.24) is 5.73 Å². The van der Waals surface area contributed by atoms with Gasteiger partial charge in [-0.3, -0.25) is 5.73 Å². The van der Waals surface area contributed by atoms with Gasteiger partial charge in [-0.25, -0.2) is 0 Å². The average molecular weight is 242 g/mol. The Labute approximate surface area is 109 Å². The number of unbranched alkanes of at least 4 members (excludes halogenated alkanes) is 3. The average Bonchev–Trinajstić information content (AvgIpc) is 2.41. The second kappa shape index (κ2) is 6.29. The zero-order valence-corrected chi connectivity index (χ0v) is 10.9. The minimum atomic E-state index is 0.503. The van der Waals surface area contributed by atoms with E-state index in [4.69, 9.17) is 10.5 Å². The Kier molecular flexibility index (Phi) is 4.46. The second-order valence-corrected chi connectivity index (χ2v) is 4.57.